The molecular weight excluding hydrogens is 328 g/mol. The van der Waals surface area contributed by atoms with Crippen LogP contribution in [-0.2, 0) is 5.75 Å². The Bertz CT molecular complexity index is 623. The lowest BCUT2D eigenvalue weighted by atomic mass is 10.3. The first-order chi connectivity index (χ1) is 8.58. The molecule has 5 heteroatoms. The van der Waals surface area contributed by atoms with Crippen LogP contribution < -0.4 is 0 Å². The van der Waals surface area contributed by atoms with Crippen molar-refractivity contribution in [1.29, 1.82) is 0 Å². The summed E-state index contributed by atoms with van der Waals surface area (Å²) in [7, 11) is 0. The van der Waals surface area contributed by atoms with Crippen molar-refractivity contribution in [3.05, 3.63) is 50.5 Å². The van der Waals surface area contributed by atoms with Gasteiger partial charge in [0.25, 0.3) is 0 Å². The van der Waals surface area contributed by atoms with Gasteiger partial charge in [-0.1, -0.05) is 24.4 Å². The second-order valence-corrected chi connectivity index (χ2v) is 6.22. The van der Waals surface area contributed by atoms with Crippen LogP contribution in [0.5, 0.6) is 0 Å². The predicted octanol–water partition coefficient (Wildman–Crippen LogP) is 4.81. The highest BCUT2D eigenvalue weighted by Gasteiger charge is 2.04. The summed E-state index contributed by atoms with van der Waals surface area (Å²) in [4.78, 5) is 8.90. The summed E-state index contributed by atoms with van der Waals surface area (Å²) in [6.07, 6.45) is 0. The third-order valence-electron chi connectivity index (χ3n) is 2.65. The first-order valence-corrected chi connectivity index (χ1v) is 7.70. The Kier molecular flexibility index (Phi) is 4.59. The standard InChI is InChI=1S/C13H13BrN2S2/c1-8-9(2)15-12(16-13(8)17)7-18-11-6-4-3-5-10(11)14/h3-6H,7H2,1-2H3,(H,15,16,17). The summed E-state index contributed by atoms with van der Waals surface area (Å²) in [5, 5.41) is 0. The van der Waals surface area contributed by atoms with Crippen LogP contribution in [0.1, 0.15) is 17.1 Å². The summed E-state index contributed by atoms with van der Waals surface area (Å²) >= 11 is 10.5. The molecule has 18 heavy (non-hydrogen) atoms. The minimum absolute atomic E-state index is 0.689. The number of nitrogens with one attached hydrogen (secondary N) is 1. The minimum Gasteiger partial charge on any atom is -0.346 e. The lowest BCUT2D eigenvalue weighted by Crippen LogP contribution is -1.98. The highest BCUT2D eigenvalue weighted by atomic mass is 79.9. The molecule has 1 N–H and O–H groups in total. The second-order valence-electron chi connectivity index (χ2n) is 3.96. The molecule has 0 aliphatic rings. The van der Waals surface area contributed by atoms with Crippen molar-refractivity contribution in [2.24, 2.45) is 0 Å². The van der Waals surface area contributed by atoms with Gasteiger partial charge in [0.15, 0.2) is 0 Å². The zero-order valence-electron chi connectivity index (χ0n) is 10.2. The van der Waals surface area contributed by atoms with Gasteiger partial charge in [-0.3, -0.25) is 0 Å². The van der Waals surface area contributed by atoms with E-state index < -0.39 is 0 Å². The van der Waals surface area contributed by atoms with Crippen LogP contribution in [0.4, 0.5) is 0 Å². The largest absolute Gasteiger partial charge is 0.346 e. The van der Waals surface area contributed by atoms with E-state index in [0.717, 1.165) is 27.3 Å². The molecule has 2 aromatic rings. The van der Waals surface area contributed by atoms with E-state index >= 15 is 0 Å². The number of hydrogen-bond donors (Lipinski definition) is 1. The Morgan fingerprint density at radius 2 is 2.06 bits per heavy atom. The van der Waals surface area contributed by atoms with Gasteiger partial charge in [0.05, 0.1) is 5.75 Å². The number of hydrogen-bond acceptors (Lipinski definition) is 3. The molecule has 0 spiro atoms. The number of benzene rings is 1. The van der Waals surface area contributed by atoms with E-state index in [-0.39, 0.29) is 0 Å². The van der Waals surface area contributed by atoms with Crippen LogP contribution in [0.2, 0.25) is 0 Å². The van der Waals surface area contributed by atoms with E-state index in [1.807, 2.05) is 32.0 Å². The molecule has 1 aromatic heterocycles. The predicted molar refractivity (Wildman–Crippen MR) is 82.6 cm³/mol. The maximum Gasteiger partial charge on any atom is 0.132 e. The number of thioether (sulfide) groups is 1. The summed E-state index contributed by atoms with van der Waals surface area (Å²) in [6, 6.07) is 8.17. The molecule has 2 rings (SSSR count). The Labute approximate surface area is 124 Å². The van der Waals surface area contributed by atoms with E-state index in [9.17, 15) is 0 Å². The number of aromatic amines is 1. The molecule has 0 radical (unpaired) electrons. The van der Waals surface area contributed by atoms with Gasteiger partial charge in [-0.2, -0.15) is 0 Å². The fraction of sp³-hybridized carbons (Fsp3) is 0.231. The SMILES string of the molecule is Cc1[nH]c(CSc2ccccc2Br)nc(=S)c1C. The Morgan fingerprint density at radius 3 is 2.72 bits per heavy atom. The van der Waals surface area contributed by atoms with Gasteiger partial charge in [0.1, 0.15) is 10.5 Å². The second kappa shape index (κ2) is 5.99. The molecule has 94 valence electrons. The van der Waals surface area contributed by atoms with E-state index in [0.29, 0.717) is 4.64 Å². The number of H-pyrrole nitrogens is 1. The molecule has 0 fully saturated rings. The van der Waals surface area contributed by atoms with Crippen molar-refractivity contribution in [3.8, 4) is 0 Å². The molecule has 2 nitrogen and oxygen atoms in total. The van der Waals surface area contributed by atoms with Gasteiger partial charge in [-0.25, -0.2) is 4.98 Å². The van der Waals surface area contributed by atoms with E-state index in [1.165, 1.54) is 4.90 Å². The van der Waals surface area contributed by atoms with Crippen LogP contribution in [0.3, 0.4) is 0 Å². The van der Waals surface area contributed by atoms with Crippen LogP contribution in [-0.4, -0.2) is 9.97 Å². The molecule has 0 unspecified atom stereocenters. The lowest BCUT2D eigenvalue weighted by molar-refractivity contribution is 0.961. The monoisotopic (exact) mass is 340 g/mol. The average molecular weight is 341 g/mol. The minimum atomic E-state index is 0.689. The van der Waals surface area contributed by atoms with E-state index in [2.05, 4.69) is 32.0 Å². The third kappa shape index (κ3) is 3.22. The Morgan fingerprint density at radius 1 is 1.33 bits per heavy atom. The number of aryl methyl sites for hydroxylation is 1. The van der Waals surface area contributed by atoms with Gasteiger partial charge < -0.3 is 4.98 Å². The third-order valence-corrected chi connectivity index (χ3v) is 5.09. The van der Waals surface area contributed by atoms with Crippen LogP contribution in [0.25, 0.3) is 0 Å². The summed E-state index contributed by atoms with van der Waals surface area (Å²) < 4.78 is 1.80. The van der Waals surface area contributed by atoms with Crippen molar-refractivity contribution < 1.29 is 0 Å². The van der Waals surface area contributed by atoms with Crippen molar-refractivity contribution in [2.45, 2.75) is 24.5 Å². The zero-order chi connectivity index (χ0) is 13.1. The van der Waals surface area contributed by atoms with Gasteiger partial charge in [0.2, 0.25) is 0 Å². The molecule has 1 heterocycles. The van der Waals surface area contributed by atoms with Crippen molar-refractivity contribution in [2.75, 3.05) is 0 Å². The normalized spacial score (nSPS) is 10.6. The Balaban J connectivity index is 2.17. The van der Waals surface area contributed by atoms with Crippen LogP contribution in [0.15, 0.2) is 33.6 Å². The van der Waals surface area contributed by atoms with Crippen molar-refractivity contribution >= 4 is 39.9 Å². The van der Waals surface area contributed by atoms with E-state index in [1.54, 1.807) is 11.8 Å². The summed E-state index contributed by atoms with van der Waals surface area (Å²) in [5.41, 5.74) is 2.15. The Hall–Kier alpha value is -0.650. The maximum absolute atomic E-state index is 5.24. The number of nitrogens with zero attached hydrogens (tertiary/aromatic N) is 1. The average Bonchev–Trinajstić information content (AvgIpc) is 2.35. The first kappa shape index (κ1) is 13.8. The van der Waals surface area contributed by atoms with Gasteiger partial charge in [-0.05, 0) is 41.9 Å². The van der Waals surface area contributed by atoms with Crippen molar-refractivity contribution in [1.82, 2.24) is 9.97 Å². The highest BCUT2D eigenvalue weighted by Crippen LogP contribution is 2.28. The molecule has 0 saturated heterocycles. The van der Waals surface area contributed by atoms with Gasteiger partial charge >= 0.3 is 0 Å². The molecule has 0 atom stereocenters. The number of aromatic nitrogens is 2. The van der Waals surface area contributed by atoms with Crippen molar-refractivity contribution in [3.63, 3.8) is 0 Å². The molecular formula is C13H13BrN2S2. The van der Waals surface area contributed by atoms with E-state index in [4.69, 9.17) is 12.2 Å². The first-order valence-electron chi connectivity index (χ1n) is 5.51. The topological polar surface area (TPSA) is 28.7 Å². The number of rotatable bonds is 3. The van der Waals surface area contributed by atoms with Crippen LogP contribution >= 0.6 is 39.9 Å². The van der Waals surface area contributed by atoms with Crippen LogP contribution in [0, 0.1) is 18.5 Å². The molecule has 0 saturated carbocycles. The quantitative estimate of drug-likeness (QED) is 0.641. The molecule has 0 aliphatic heterocycles. The molecule has 0 amide bonds. The number of halogens is 1. The lowest BCUT2D eigenvalue weighted by Gasteiger charge is -2.06. The fourth-order valence-corrected chi connectivity index (χ4v) is 3.18. The molecule has 0 bridgehead atoms. The fourth-order valence-electron chi connectivity index (χ4n) is 1.48. The van der Waals surface area contributed by atoms with Gasteiger partial charge in [0, 0.05) is 20.6 Å². The summed E-state index contributed by atoms with van der Waals surface area (Å²) in [5.74, 6) is 1.71. The molecule has 0 aliphatic carbocycles. The highest BCUT2D eigenvalue weighted by molar-refractivity contribution is 9.10. The molecule has 1 aromatic carbocycles. The maximum atomic E-state index is 5.24. The zero-order valence-corrected chi connectivity index (χ0v) is 13.4. The smallest absolute Gasteiger partial charge is 0.132 e. The summed E-state index contributed by atoms with van der Waals surface area (Å²) in [6.45, 7) is 4.02. The van der Waals surface area contributed by atoms with Gasteiger partial charge in [-0.15, -0.1) is 11.8 Å².